The molecule has 0 fully saturated rings. The zero-order chi connectivity index (χ0) is 13.7. The molecule has 0 saturated heterocycles. The van der Waals surface area contributed by atoms with Crippen molar-refractivity contribution in [3.63, 3.8) is 0 Å². The minimum atomic E-state index is 0.347. The monoisotopic (exact) mass is 276 g/mol. The van der Waals surface area contributed by atoms with Crippen LogP contribution in [0.1, 0.15) is 24.4 Å². The van der Waals surface area contributed by atoms with Crippen molar-refractivity contribution < 1.29 is 0 Å². The first-order valence-electron chi connectivity index (χ1n) is 6.41. The largest absolute Gasteiger partial charge is 0.310 e. The Kier molecular flexibility index (Phi) is 4.99. The SMILES string of the molecule is CSc1ccc(C(C)NCCc2ncn(C)n2)cc1. The molecule has 1 unspecified atom stereocenters. The summed E-state index contributed by atoms with van der Waals surface area (Å²) >= 11 is 1.77. The van der Waals surface area contributed by atoms with Gasteiger partial charge in [-0.2, -0.15) is 5.10 Å². The summed E-state index contributed by atoms with van der Waals surface area (Å²) in [6.07, 6.45) is 4.69. The number of hydrogen-bond acceptors (Lipinski definition) is 4. The molecule has 1 N–H and O–H groups in total. The van der Waals surface area contributed by atoms with Crippen LogP contribution in [0, 0.1) is 0 Å². The Morgan fingerprint density at radius 2 is 2.05 bits per heavy atom. The van der Waals surface area contributed by atoms with E-state index in [2.05, 4.69) is 52.8 Å². The summed E-state index contributed by atoms with van der Waals surface area (Å²) in [7, 11) is 1.89. The number of benzene rings is 1. The summed E-state index contributed by atoms with van der Waals surface area (Å²) in [6, 6.07) is 9.04. The summed E-state index contributed by atoms with van der Waals surface area (Å²) in [4.78, 5) is 5.52. The van der Waals surface area contributed by atoms with Crippen LogP contribution in [0.5, 0.6) is 0 Å². The van der Waals surface area contributed by atoms with Crippen LogP contribution in [0.25, 0.3) is 0 Å². The first kappa shape index (κ1) is 14.1. The van der Waals surface area contributed by atoms with Crippen LogP contribution in [0.2, 0.25) is 0 Å². The van der Waals surface area contributed by atoms with Gasteiger partial charge in [-0.3, -0.25) is 4.68 Å². The number of aromatic nitrogens is 3. The summed E-state index contributed by atoms with van der Waals surface area (Å²) < 4.78 is 1.74. The molecule has 2 aromatic rings. The van der Waals surface area contributed by atoms with E-state index in [1.165, 1.54) is 10.5 Å². The lowest BCUT2D eigenvalue weighted by atomic mass is 10.1. The lowest BCUT2D eigenvalue weighted by Crippen LogP contribution is -2.21. The Labute approximate surface area is 118 Å². The highest BCUT2D eigenvalue weighted by Gasteiger charge is 2.05. The first-order valence-corrected chi connectivity index (χ1v) is 7.63. The van der Waals surface area contributed by atoms with Gasteiger partial charge in [0.2, 0.25) is 0 Å². The van der Waals surface area contributed by atoms with E-state index in [1.54, 1.807) is 22.8 Å². The third-order valence-corrected chi connectivity index (χ3v) is 3.81. The van der Waals surface area contributed by atoms with Crippen molar-refractivity contribution in [3.8, 4) is 0 Å². The van der Waals surface area contributed by atoms with Crippen LogP contribution >= 0.6 is 11.8 Å². The Hall–Kier alpha value is -1.33. The zero-order valence-corrected chi connectivity index (χ0v) is 12.4. The van der Waals surface area contributed by atoms with Gasteiger partial charge in [0.15, 0.2) is 5.82 Å². The maximum absolute atomic E-state index is 4.27. The molecule has 1 aromatic carbocycles. The quantitative estimate of drug-likeness (QED) is 0.823. The van der Waals surface area contributed by atoms with E-state index in [0.717, 1.165) is 18.8 Å². The van der Waals surface area contributed by atoms with Crippen LogP contribution in [0.3, 0.4) is 0 Å². The Bertz CT molecular complexity index is 506. The molecule has 0 bridgehead atoms. The molecule has 4 nitrogen and oxygen atoms in total. The van der Waals surface area contributed by atoms with Gasteiger partial charge in [-0.1, -0.05) is 12.1 Å². The molecule has 0 aliphatic rings. The van der Waals surface area contributed by atoms with Gasteiger partial charge in [0.25, 0.3) is 0 Å². The lowest BCUT2D eigenvalue weighted by Gasteiger charge is -2.14. The average Bonchev–Trinajstić information content (AvgIpc) is 2.84. The van der Waals surface area contributed by atoms with Gasteiger partial charge < -0.3 is 5.32 Å². The fourth-order valence-corrected chi connectivity index (χ4v) is 2.32. The van der Waals surface area contributed by atoms with Crippen LogP contribution in [0.15, 0.2) is 35.5 Å². The fraction of sp³-hybridized carbons (Fsp3) is 0.429. The molecule has 1 heterocycles. The third kappa shape index (κ3) is 4.08. The van der Waals surface area contributed by atoms with Gasteiger partial charge in [0.05, 0.1) is 0 Å². The van der Waals surface area contributed by atoms with E-state index in [0.29, 0.717) is 6.04 Å². The van der Waals surface area contributed by atoms with E-state index in [1.807, 2.05) is 7.05 Å². The van der Waals surface area contributed by atoms with E-state index in [-0.39, 0.29) is 0 Å². The molecule has 102 valence electrons. The molecule has 1 aromatic heterocycles. The van der Waals surface area contributed by atoms with Crippen molar-refractivity contribution in [3.05, 3.63) is 42.0 Å². The first-order chi connectivity index (χ1) is 9.19. The standard InChI is InChI=1S/C14H20N4S/c1-11(12-4-6-13(19-3)7-5-12)15-9-8-14-16-10-18(2)17-14/h4-7,10-11,15H,8-9H2,1-3H3. The minimum Gasteiger partial charge on any atom is -0.310 e. The van der Waals surface area contributed by atoms with Crippen LogP contribution in [-0.2, 0) is 13.5 Å². The van der Waals surface area contributed by atoms with Crippen molar-refractivity contribution in [1.29, 1.82) is 0 Å². The number of thioether (sulfide) groups is 1. The predicted molar refractivity (Wildman–Crippen MR) is 79.3 cm³/mol. The fourth-order valence-electron chi connectivity index (χ4n) is 1.91. The highest BCUT2D eigenvalue weighted by Crippen LogP contribution is 2.18. The van der Waals surface area contributed by atoms with Gasteiger partial charge in [-0.15, -0.1) is 11.8 Å². The zero-order valence-electron chi connectivity index (χ0n) is 11.6. The van der Waals surface area contributed by atoms with Gasteiger partial charge in [0.1, 0.15) is 6.33 Å². The normalized spacial score (nSPS) is 12.6. The molecular formula is C14H20N4S. The van der Waals surface area contributed by atoms with Crippen LogP contribution < -0.4 is 5.32 Å². The molecule has 0 saturated carbocycles. The molecule has 19 heavy (non-hydrogen) atoms. The summed E-state index contributed by atoms with van der Waals surface area (Å²) in [5, 5.41) is 7.76. The van der Waals surface area contributed by atoms with E-state index >= 15 is 0 Å². The second kappa shape index (κ2) is 6.73. The van der Waals surface area contributed by atoms with E-state index in [4.69, 9.17) is 0 Å². The van der Waals surface area contributed by atoms with Crippen LogP contribution in [0.4, 0.5) is 0 Å². The van der Waals surface area contributed by atoms with Crippen LogP contribution in [-0.4, -0.2) is 27.6 Å². The van der Waals surface area contributed by atoms with Crippen molar-refractivity contribution in [2.45, 2.75) is 24.3 Å². The maximum Gasteiger partial charge on any atom is 0.151 e. The lowest BCUT2D eigenvalue weighted by molar-refractivity contribution is 0.568. The molecule has 0 aliphatic carbocycles. The highest BCUT2D eigenvalue weighted by atomic mass is 32.2. The van der Waals surface area contributed by atoms with Gasteiger partial charge in [-0.05, 0) is 30.9 Å². The molecule has 1 atom stereocenters. The average molecular weight is 276 g/mol. The van der Waals surface area contributed by atoms with Gasteiger partial charge >= 0.3 is 0 Å². The number of aryl methyl sites for hydroxylation is 1. The molecule has 5 heteroatoms. The number of nitrogens with one attached hydrogen (secondary N) is 1. The second-order valence-electron chi connectivity index (χ2n) is 4.53. The smallest absolute Gasteiger partial charge is 0.151 e. The molecule has 0 radical (unpaired) electrons. The summed E-state index contributed by atoms with van der Waals surface area (Å²) in [5.74, 6) is 0.889. The third-order valence-electron chi connectivity index (χ3n) is 3.06. The molecular weight excluding hydrogens is 256 g/mol. The Balaban J connectivity index is 1.81. The van der Waals surface area contributed by atoms with Crippen molar-refractivity contribution in [2.75, 3.05) is 12.8 Å². The Morgan fingerprint density at radius 1 is 1.32 bits per heavy atom. The molecule has 0 aliphatic heterocycles. The van der Waals surface area contributed by atoms with Crippen molar-refractivity contribution >= 4 is 11.8 Å². The number of rotatable bonds is 6. The second-order valence-corrected chi connectivity index (χ2v) is 5.41. The number of nitrogens with zero attached hydrogens (tertiary/aromatic N) is 3. The molecule has 0 amide bonds. The molecule has 2 rings (SSSR count). The summed E-state index contributed by atoms with van der Waals surface area (Å²) in [6.45, 7) is 3.06. The van der Waals surface area contributed by atoms with Crippen molar-refractivity contribution in [2.24, 2.45) is 7.05 Å². The Morgan fingerprint density at radius 3 is 2.63 bits per heavy atom. The van der Waals surface area contributed by atoms with E-state index in [9.17, 15) is 0 Å². The highest BCUT2D eigenvalue weighted by molar-refractivity contribution is 7.98. The molecule has 0 spiro atoms. The minimum absolute atomic E-state index is 0.347. The number of hydrogen-bond donors (Lipinski definition) is 1. The van der Waals surface area contributed by atoms with Crippen molar-refractivity contribution in [1.82, 2.24) is 20.1 Å². The van der Waals surface area contributed by atoms with Gasteiger partial charge in [0, 0.05) is 31.0 Å². The van der Waals surface area contributed by atoms with E-state index < -0.39 is 0 Å². The van der Waals surface area contributed by atoms with Gasteiger partial charge in [-0.25, -0.2) is 4.98 Å². The topological polar surface area (TPSA) is 42.7 Å². The summed E-state index contributed by atoms with van der Waals surface area (Å²) in [5.41, 5.74) is 1.31. The predicted octanol–water partition coefficient (Wildman–Crippen LogP) is 2.43. The maximum atomic E-state index is 4.27.